The Morgan fingerprint density at radius 1 is 1.14 bits per heavy atom. The highest BCUT2D eigenvalue weighted by molar-refractivity contribution is 5.76. The molecule has 0 fully saturated rings. The van der Waals surface area contributed by atoms with Crippen LogP contribution in [-0.4, -0.2) is 0 Å². The van der Waals surface area contributed by atoms with Gasteiger partial charge in [-0.2, -0.15) is 0 Å². The van der Waals surface area contributed by atoms with Crippen LogP contribution in [-0.2, 0) is 7.05 Å². The first-order valence-electron chi connectivity index (χ1n) is 5.07. The second-order valence-corrected chi connectivity index (χ2v) is 4.09. The van der Waals surface area contributed by atoms with Crippen molar-refractivity contribution in [3.05, 3.63) is 42.1 Å². The van der Waals surface area contributed by atoms with Gasteiger partial charge in [0.2, 0.25) is 5.52 Å². The second kappa shape index (κ2) is 3.41. The van der Waals surface area contributed by atoms with E-state index in [1.165, 1.54) is 16.5 Å². The first-order valence-corrected chi connectivity index (χ1v) is 5.07. The van der Waals surface area contributed by atoms with Gasteiger partial charge in [-0.3, -0.25) is 0 Å². The zero-order valence-corrected chi connectivity index (χ0v) is 8.99. The van der Waals surface area contributed by atoms with E-state index in [9.17, 15) is 0 Å². The first-order chi connectivity index (χ1) is 6.68. The lowest BCUT2D eigenvalue weighted by Crippen LogP contribution is -2.27. The highest BCUT2D eigenvalue weighted by Gasteiger charge is 2.06. The fraction of sp³-hybridized carbons (Fsp3) is 0.308. The molecule has 14 heavy (non-hydrogen) atoms. The van der Waals surface area contributed by atoms with Crippen molar-refractivity contribution < 1.29 is 4.57 Å². The largest absolute Gasteiger partial charge is 0.212 e. The van der Waals surface area contributed by atoms with E-state index in [1.807, 2.05) is 0 Å². The molecule has 1 aromatic heterocycles. The Labute approximate surface area is 85.0 Å². The summed E-state index contributed by atoms with van der Waals surface area (Å²) in [6.45, 7) is 4.45. The summed E-state index contributed by atoms with van der Waals surface area (Å²) in [5, 5.41) is 1.31. The molecule has 2 aromatic rings. The van der Waals surface area contributed by atoms with Crippen LogP contribution in [0.3, 0.4) is 0 Å². The summed E-state index contributed by atoms with van der Waals surface area (Å²) in [6.07, 6.45) is 2.09. The van der Waals surface area contributed by atoms with E-state index < -0.39 is 0 Å². The second-order valence-electron chi connectivity index (χ2n) is 4.09. The van der Waals surface area contributed by atoms with Gasteiger partial charge in [0.1, 0.15) is 7.05 Å². The lowest BCUT2D eigenvalue weighted by molar-refractivity contribution is -0.644. The maximum atomic E-state index is 2.28. The molecule has 1 nitrogen and oxygen atoms in total. The van der Waals surface area contributed by atoms with Crippen LogP contribution in [0.2, 0.25) is 0 Å². The molecule has 0 aliphatic rings. The van der Waals surface area contributed by atoms with E-state index in [0.717, 1.165) is 0 Å². The van der Waals surface area contributed by atoms with Gasteiger partial charge >= 0.3 is 0 Å². The number of hydrogen-bond donors (Lipinski definition) is 0. The molecule has 0 N–H and O–H groups in total. The Kier molecular flexibility index (Phi) is 2.24. The number of fused-ring (bicyclic) bond motifs is 1. The van der Waals surface area contributed by atoms with Gasteiger partial charge in [-0.05, 0) is 23.6 Å². The molecule has 72 valence electrons. The molecule has 0 unspecified atom stereocenters. The zero-order chi connectivity index (χ0) is 10.1. The Hall–Kier alpha value is -1.37. The number of pyridine rings is 1. The molecule has 0 amide bonds. The molecular formula is C13H16N+. The average molecular weight is 186 g/mol. The van der Waals surface area contributed by atoms with Crippen molar-refractivity contribution in [3.63, 3.8) is 0 Å². The van der Waals surface area contributed by atoms with E-state index in [0.29, 0.717) is 5.92 Å². The summed E-state index contributed by atoms with van der Waals surface area (Å²) in [4.78, 5) is 0. The van der Waals surface area contributed by atoms with Crippen LogP contribution in [0.25, 0.3) is 10.9 Å². The molecule has 0 bridgehead atoms. The molecule has 2 rings (SSSR count). The quantitative estimate of drug-likeness (QED) is 0.603. The number of hydrogen-bond acceptors (Lipinski definition) is 0. The summed E-state index contributed by atoms with van der Waals surface area (Å²) >= 11 is 0. The van der Waals surface area contributed by atoms with E-state index in [-0.39, 0.29) is 0 Å². The minimum atomic E-state index is 0.597. The lowest BCUT2D eigenvalue weighted by atomic mass is 10.0. The molecule has 0 spiro atoms. The Morgan fingerprint density at radius 2 is 1.93 bits per heavy atom. The van der Waals surface area contributed by atoms with E-state index in [1.54, 1.807) is 0 Å². The predicted molar refractivity (Wildman–Crippen MR) is 59.2 cm³/mol. The maximum Gasteiger partial charge on any atom is 0.212 e. The molecule has 0 aliphatic carbocycles. The molecule has 0 saturated heterocycles. The number of rotatable bonds is 1. The summed E-state index contributed by atoms with van der Waals surface area (Å²) in [5.74, 6) is 0.597. The first kappa shape index (κ1) is 9.20. The molecule has 1 heteroatoms. The van der Waals surface area contributed by atoms with Gasteiger partial charge in [0.05, 0.1) is 0 Å². The smallest absolute Gasteiger partial charge is 0.201 e. The minimum Gasteiger partial charge on any atom is -0.201 e. The molecule has 0 saturated carbocycles. The van der Waals surface area contributed by atoms with E-state index in [2.05, 4.69) is 62.0 Å². The summed E-state index contributed by atoms with van der Waals surface area (Å²) in [7, 11) is 2.09. The van der Waals surface area contributed by atoms with E-state index >= 15 is 0 Å². The van der Waals surface area contributed by atoms with Gasteiger partial charge in [-0.15, -0.1) is 0 Å². The Balaban J connectivity index is 2.70. The minimum absolute atomic E-state index is 0.597. The van der Waals surface area contributed by atoms with Crippen molar-refractivity contribution in [2.24, 2.45) is 7.05 Å². The van der Waals surface area contributed by atoms with Crippen LogP contribution in [0.5, 0.6) is 0 Å². The topological polar surface area (TPSA) is 3.88 Å². The van der Waals surface area contributed by atoms with Gasteiger partial charge in [0, 0.05) is 17.5 Å². The predicted octanol–water partition coefficient (Wildman–Crippen LogP) is 2.79. The molecule has 1 aromatic carbocycles. The van der Waals surface area contributed by atoms with Gasteiger partial charge < -0.3 is 0 Å². The number of benzene rings is 1. The fourth-order valence-corrected chi connectivity index (χ4v) is 1.72. The highest BCUT2D eigenvalue weighted by atomic mass is 14.9. The van der Waals surface area contributed by atoms with Crippen LogP contribution in [0.4, 0.5) is 0 Å². The van der Waals surface area contributed by atoms with Crippen molar-refractivity contribution in [3.8, 4) is 0 Å². The molecule has 1 heterocycles. The van der Waals surface area contributed by atoms with Crippen LogP contribution in [0.1, 0.15) is 25.3 Å². The van der Waals surface area contributed by atoms with Gasteiger partial charge in [0.15, 0.2) is 6.20 Å². The highest BCUT2D eigenvalue weighted by Crippen LogP contribution is 2.18. The third-order valence-corrected chi connectivity index (χ3v) is 2.69. The zero-order valence-electron chi connectivity index (χ0n) is 8.99. The molecule has 0 radical (unpaired) electrons. The standard InChI is InChI=1S/C13H16N/c1-10(2)12-7-6-11-5-4-8-14(3)13(11)9-12/h4-10H,1-3H3/q+1. The van der Waals surface area contributed by atoms with Crippen LogP contribution >= 0.6 is 0 Å². The number of nitrogens with zero attached hydrogens (tertiary/aromatic N) is 1. The SMILES string of the molecule is CC(C)c1ccc2ccc[n+](C)c2c1. The molecule has 0 aliphatic heterocycles. The number of aromatic nitrogens is 1. The van der Waals surface area contributed by atoms with Crippen molar-refractivity contribution in [1.29, 1.82) is 0 Å². The summed E-state index contributed by atoms with van der Waals surface area (Å²) in [5.41, 5.74) is 2.71. The van der Waals surface area contributed by atoms with Crippen LogP contribution < -0.4 is 4.57 Å². The Bertz CT molecular complexity index is 458. The van der Waals surface area contributed by atoms with Gasteiger partial charge in [0.25, 0.3) is 0 Å². The van der Waals surface area contributed by atoms with Gasteiger partial charge in [-0.1, -0.05) is 19.9 Å². The van der Waals surface area contributed by atoms with E-state index in [4.69, 9.17) is 0 Å². The third-order valence-electron chi connectivity index (χ3n) is 2.69. The molecular weight excluding hydrogens is 170 g/mol. The summed E-state index contributed by atoms with van der Waals surface area (Å²) < 4.78 is 2.17. The fourth-order valence-electron chi connectivity index (χ4n) is 1.72. The van der Waals surface area contributed by atoms with Crippen LogP contribution in [0, 0.1) is 0 Å². The third kappa shape index (κ3) is 1.50. The number of aryl methyl sites for hydroxylation is 1. The summed E-state index contributed by atoms with van der Waals surface area (Å²) in [6, 6.07) is 10.9. The van der Waals surface area contributed by atoms with Crippen molar-refractivity contribution >= 4 is 10.9 Å². The molecule has 0 atom stereocenters. The maximum absolute atomic E-state index is 2.28. The van der Waals surface area contributed by atoms with Crippen molar-refractivity contribution in [2.75, 3.05) is 0 Å². The monoisotopic (exact) mass is 186 g/mol. The normalized spacial score (nSPS) is 11.1. The van der Waals surface area contributed by atoms with Crippen molar-refractivity contribution in [1.82, 2.24) is 0 Å². The van der Waals surface area contributed by atoms with Gasteiger partial charge in [-0.25, -0.2) is 4.57 Å². The van der Waals surface area contributed by atoms with Crippen molar-refractivity contribution in [2.45, 2.75) is 19.8 Å². The Morgan fingerprint density at radius 3 is 2.64 bits per heavy atom. The lowest BCUT2D eigenvalue weighted by Gasteiger charge is -2.04. The van der Waals surface area contributed by atoms with Crippen LogP contribution in [0.15, 0.2) is 36.5 Å². The average Bonchev–Trinajstić information content (AvgIpc) is 2.18.